The van der Waals surface area contributed by atoms with Crippen molar-refractivity contribution in [2.45, 2.75) is 17.7 Å². The second kappa shape index (κ2) is 6.91. The number of halogens is 1. The van der Waals surface area contributed by atoms with Crippen LogP contribution in [0.1, 0.15) is 12.5 Å². The third-order valence-electron chi connectivity index (χ3n) is 2.98. The van der Waals surface area contributed by atoms with E-state index in [4.69, 9.17) is 11.6 Å². The van der Waals surface area contributed by atoms with Crippen LogP contribution in [0.3, 0.4) is 0 Å². The molecule has 1 aromatic heterocycles. The molecule has 0 bridgehead atoms. The van der Waals surface area contributed by atoms with Crippen molar-refractivity contribution in [3.05, 3.63) is 51.4 Å². The molecule has 1 heterocycles. The van der Waals surface area contributed by atoms with Gasteiger partial charge in [-0.2, -0.15) is 0 Å². The van der Waals surface area contributed by atoms with Crippen molar-refractivity contribution in [1.82, 2.24) is 9.97 Å². The lowest BCUT2D eigenvalue weighted by Gasteiger charge is -2.08. The molecule has 130 valence electrons. The van der Waals surface area contributed by atoms with Gasteiger partial charge in [0.05, 0.1) is 17.7 Å². The Kier molecular flexibility index (Phi) is 5.31. The summed E-state index contributed by atoms with van der Waals surface area (Å²) < 4.78 is 49.6. The Morgan fingerprint density at radius 3 is 2.54 bits per heavy atom. The molecule has 0 atom stereocenters. The largest absolute Gasteiger partial charge is 0.308 e. The topological polar surface area (TPSA) is 126 Å². The van der Waals surface area contributed by atoms with Crippen molar-refractivity contribution in [3.8, 4) is 0 Å². The zero-order valence-corrected chi connectivity index (χ0v) is 14.9. The molecule has 0 aliphatic carbocycles. The molecule has 8 nitrogen and oxygen atoms in total. The van der Waals surface area contributed by atoms with E-state index in [0.717, 1.165) is 6.20 Å². The Morgan fingerprint density at radius 1 is 1.25 bits per heavy atom. The maximum Gasteiger partial charge on any atom is 0.292 e. The maximum absolute atomic E-state index is 12.1. The number of aromatic nitrogens is 2. The predicted octanol–water partition coefficient (Wildman–Crippen LogP) is 1.16. The van der Waals surface area contributed by atoms with Crippen LogP contribution in [0.5, 0.6) is 0 Å². The molecule has 0 unspecified atom stereocenters. The summed E-state index contributed by atoms with van der Waals surface area (Å²) in [4.78, 5) is 17.6. The minimum Gasteiger partial charge on any atom is -0.308 e. The molecule has 2 N–H and O–H groups in total. The first-order valence-electron chi connectivity index (χ1n) is 6.70. The molecule has 1 aromatic carbocycles. The fourth-order valence-electron chi connectivity index (χ4n) is 1.80. The van der Waals surface area contributed by atoms with Crippen molar-refractivity contribution in [2.24, 2.45) is 0 Å². The minimum absolute atomic E-state index is 0.218. The van der Waals surface area contributed by atoms with Crippen LogP contribution < -0.4 is 10.3 Å². The summed E-state index contributed by atoms with van der Waals surface area (Å²) in [7, 11) is -7.57. The van der Waals surface area contributed by atoms with E-state index in [1.54, 1.807) is 18.2 Å². The predicted molar refractivity (Wildman–Crippen MR) is 90.3 cm³/mol. The molecule has 2 rings (SSSR count). The molecule has 0 aliphatic heterocycles. The SMILES string of the molecule is CCS(=O)(=O)c1cnc(NS(=O)(=O)Cc2cccc(Cl)c2)c(=O)[nH]1. The third-order valence-corrected chi connectivity index (χ3v) is 6.07. The molecule has 0 saturated heterocycles. The number of H-pyrrole nitrogens is 1. The molecular formula is C13H14ClN3O5S2. The highest BCUT2D eigenvalue weighted by Gasteiger charge is 2.18. The van der Waals surface area contributed by atoms with Crippen LogP contribution in [0.4, 0.5) is 5.82 Å². The first-order valence-corrected chi connectivity index (χ1v) is 10.4. The van der Waals surface area contributed by atoms with E-state index in [2.05, 4.69) is 9.97 Å². The molecular weight excluding hydrogens is 378 g/mol. The molecule has 0 spiro atoms. The molecule has 24 heavy (non-hydrogen) atoms. The summed E-state index contributed by atoms with van der Waals surface area (Å²) in [6, 6.07) is 6.25. The average Bonchev–Trinajstić information content (AvgIpc) is 2.48. The fourth-order valence-corrected chi connectivity index (χ4v) is 3.92. The summed E-state index contributed by atoms with van der Waals surface area (Å²) in [5.74, 6) is -1.14. The normalized spacial score (nSPS) is 12.1. The van der Waals surface area contributed by atoms with Gasteiger partial charge < -0.3 is 4.98 Å². The number of nitrogens with zero attached hydrogens (tertiary/aromatic N) is 1. The molecule has 0 saturated carbocycles. The zero-order valence-electron chi connectivity index (χ0n) is 12.5. The van der Waals surface area contributed by atoms with Crippen molar-refractivity contribution in [1.29, 1.82) is 0 Å². The van der Waals surface area contributed by atoms with E-state index in [-0.39, 0.29) is 10.8 Å². The number of aromatic amines is 1. The number of sulfone groups is 1. The number of rotatable bonds is 6. The van der Waals surface area contributed by atoms with Gasteiger partial charge in [0, 0.05) is 5.02 Å². The van der Waals surface area contributed by atoms with Gasteiger partial charge in [-0.1, -0.05) is 30.7 Å². The second-order valence-electron chi connectivity index (χ2n) is 4.82. The van der Waals surface area contributed by atoms with E-state index in [1.165, 1.54) is 13.0 Å². The molecule has 0 aliphatic rings. The number of hydrogen-bond acceptors (Lipinski definition) is 6. The Morgan fingerprint density at radius 2 is 1.96 bits per heavy atom. The van der Waals surface area contributed by atoms with E-state index >= 15 is 0 Å². The van der Waals surface area contributed by atoms with Crippen molar-refractivity contribution >= 4 is 37.3 Å². The molecule has 11 heteroatoms. The average molecular weight is 392 g/mol. The number of sulfonamides is 1. The Hall–Kier alpha value is -1.91. The maximum atomic E-state index is 12.1. The summed E-state index contributed by atoms with van der Waals surface area (Å²) in [6.45, 7) is 1.41. The summed E-state index contributed by atoms with van der Waals surface area (Å²) >= 11 is 5.79. The van der Waals surface area contributed by atoms with E-state index in [9.17, 15) is 21.6 Å². The number of nitrogens with one attached hydrogen (secondary N) is 2. The van der Waals surface area contributed by atoms with E-state index < -0.39 is 37.0 Å². The van der Waals surface area contributed by atoms with Gasteiger partial charge in [-0.15, -0.1) is 0 Å². The molecule has 0 amide bonds. The smallest absolute Gasteiger partial charge is 0.292 e. The molecule has 0 radical (unpaired) electrons. The van der Waals surface area contributed by atoms with E-state index in [1.807, 2.05) is 4.72 Å². The van der Waals surface area contributed by atoms with Crippen molar-refractivity contribution in [3.63, 3.8) is 0 Å². The lowest BCUT2D eigenvalue weighted by Crippen LogP contribution is -2.24. The standard InChI is InChI=1S/C13H14ClN3O5S2/c1-2-23(19,20)11-7-15-12(13(18)16-11)17-24(21,22)8-9-4-3-5-10(14)6-9/h3-7H,2,8H2,1H3,(H,15,17)(H,16,18). The van der Waals surface area contributed by atoms with Gasteiger partial charge in [0.1, 0.15) is 0 Å². The Bertz CT molecular complexity index is 1020. The van der Waals surface area contributed by atoms with E-state index in [0.29, 0.717) is 10.6 Å². The van der Waals surface area contributed by atoms with Gasteiger partial charge in [0.15, 0.2) is 14.9 Å². The van der Waals surface area contributed by atoms with Crippen molar-refractivity contribution < 1.29 is 16.8 Å². The van der Waals surface area contributed by atoms with Crippen LogP contribution >= 0.6 is 11.6 Å². The number of benzene rings is 1. The molecule has 2 aromatic rings. The minimum atomic E-state index is -3.92. The number of hydrogen-bond donors (Lipinski definition) is 2. The first-order chi connectivity index (χ1) is 11.1. The van der Waals surface area contributed by atoms with Gasteiger partial charge in [-0.25, -0.2) is 21.8 Å². The Balaban J connectivity index is 2.26. The monoisotopic (exact) mass is 391 g/mol. The quantitative estimate of drug-likeness (QED) is 0.760. The van der Waals surface area contributed by atoms with Gasteiger partial charge in [0.25, 0.3) is 5.56 Å². The lowest BCUT2D eigenvalue weighted by atomic mass is 10.2. The van der Waals surface area contributed by atoms with Gasteiger partial charge in [-0.05, 0) is 17.7 Å². The van der Waals surface area contributed by atoms with Gasteiger partial charge in [-0.3, -0.25) is 9.52 Å². The summed E-state index contributed by atoms with van der Waals surface area (Å²) in [5, 5.41) is 0.0144. The highest BCUT2D eigenvalue weighted by molar-refractivity contribution is 7.92. The highest BCUT2D eigenvalue weighted by Crippen LogP contribution is 2.14. The van der Waals surface area contributed by atoms with Crippen LogP contribution in [-0.2, 0) is 25.6 Å². The first kappa shape index (κ1) is 18.4. The third kappa shape index (κ3) is 4.56. The zero-order chi connectivity index (χ0) is 18.0. The molecule has 0 fully saturated rings. The van der Waals surface area contributed by atoms with Gasteiger partial charge in [0.2, 0.25) is 15.8 Å². The second-order valence-corrected chi connectivity index (χ2v) is 9.23. The highest BCUT2D eigenvalue weighted by atomic mass is 35.5. The van der Waals surface area contributed by atoms with Crippen LogP contribution in [0.15, 0.2) is 40.3 Å². The van der Waals surface area contributed by atoms with Crippen LogP contribution in [0, 0.1) is 0 Å². The fraction of sp³-hybridized carbons (Fsp3) is 0.231. The number of anilines is 1. The van der Waals surface area contributed by atoms with Gasteiger partial charge >= 0.3 is 0 Å². The Labute approximate surface area is 143 Å². The van der Waals surface area contributed by atoms with Crippen LogP contribution in [-0.4, -0.2) is 32.6 Å². The van der Waals surface area contributed by atoms with Crippen LogP contribution in [0.25, 0.3) is 0 Å². The lowest BCUT2D eigenvalue weighted by molar-refractivity contribution is 0.592. The summed E-state index contributed by atoms with van der Waals surface area (Å²) in [5.41, 5.74) is -0.518. The van der Waals surface area contributed by atoms with Crippen molar-refractivity contribution in [2.75, 3.05) is 10.5 Å². The summed E-state index contributed by atoms with van der Waals surface area (Å²) in [6.07, 6.45) is 0.900. The van der Waals surface area contributed by atoms with Crippen LogP contribution in [0.2, 0.25) is 5.02 Å².